The van der Waals surface area contributed by atoms with Crippen molar-refractivity contribution in [2.75, 3.05) is 43.4 Å². The lowest BCUT2D eigenvalue weighted by atomic mass is 9.95. The summed E-state index contributed by atoms with van der Waals surface area (Å²) in [6.45, 7) is 6.28. The van der Waals surface area contributed by atoms with Crippen molar-refractivity contribution in [3.63, 3.8) is 0 Å². The maximum atomic E-state index is 16.9. The number of halogens is 2. The fourth-order valence-corrected chi connectivity index (χ4v) is 8.78. The van der Waals surface area contributed by atoms with E-state index in [-0.39, 0.29) is 17.1 Å². The number of thiazole rings is 1. The molecule has 2 bridgehead atoms. The smallest absolute Gasteiger partial charge is 0.319 e. The third-order valence-electron chi connectivity index (χ3n) is 9.68. The molecule has 8 nitrogen and oxygen atoms in total. The van der Waals surface area contributed by atoms with Crippen LogP contribution in [0, 0.1) is 12.7 Å². The van der Waals surface area contributed by atoms with Crippen LogP contribution in [-0.2, 0) is 0 Å². The van der Waals surface area contributed by atoms with Crippen LogP contribution < -0.4 is 20.7 Å². The molecule has 4 saturated heterocycles. The van der Waals surface area contributed by atoms with Crippen molar-refractivity contribution < 1.29 is 9.13 Å². The summed E-state index contributed by atoms with van der Waals surface area (Å²) in [7, 11) is 0. The molecule has 4 aliphatic rings. The number of hydrogen-bond acceptors (Lipinski definition) is 9. The van der Waals surface area contributed by atoms with Crippen LogP contribution in [0.25, 0.3) is 32.2 Å². The molecule has 0 spiro atoms. The first kappa shape index (κ1) is 25.9. The molecule has 4 aromatic rings. The van der Waals surface area contributed by atoms with Gasteiger partial charge in [0.25, 0.3) is 0 Å². The van der Waals surface area contributed by atoms with Gasteiger partial charge in [-0.15, -0.1) is 0 Å². The molecule has 4 aliphatic heterocycles. The van der Waals surface area contributed by atoms with E-state index in [0.717, 1.165) is 62.1 Å². The third kappa shape index (κ3) is 4.17. The maximum Gasteiger partial charge on any atom is 0.319 e. The normalized spacial score (nSPS) is 23.6. The molecule has 0 aliphatic carbocycles. The second-order valence-electron chi connectivity index (χ2n) is 12.2. The molecule has 0 saturated carbocycles. The van der Waals surface area contributed by atoms with Gasteiger partial charge >= 0.3 is 6.01 Å². The van der Waals surface area contributed by atoms with Gasteiger partial charge in [-0.25, -0.2) is 9.37 Å². The first-order valence-electron chi connectivity index (χ1n) is 14.6. The number of aromatic nitrogens is 3. The molecule has 41 heavy (non-hydrogen) atoms. The lowest BCUT2D eigenvalue weighted by molar-refractivity contribution is 0.108. The van der Waals surface area contributed by atoms with E-state index in [2.05, 4.69) is 20.1 Å². The Morgan fingerprint density at radius 2 is 1.85 bits per heavy atom. The van der Waals surface area contributed by atoms with Gasteiger partial charge in [-0.2, -0.15) is 9.97 Å². The van der Waals surface area contributed by atoms with Crippen LogP contribution in [0.5, 0.6) is 6.01 Å². The van der Waals surface area contributed by atoms with Crippen LogP contribution in [0.1, 0.15) is 44.1 Å². The molecule has 2 unspecified atom stereocenters. The van der Waals surface area contributed by atoms with Gasteiger partial charge in [0.05, 0.1) is 20.8 Å². The summed E-state index contributed by atoms with van der Waals surface area (Å²) in [4.78, 5) is 19.0. The molecule has 2 atom stereocenters. The molecule has 4 fully saturated rings. The van der Waals surface area contributed by atoms with Gasteiger partial charge in [0.15, 0.2) is 10.9 Å². The van der Waals surface area contributed by atoms with E-state index in [1.807, 2.05) is 25.1 Å². The first-order valence-corrected chi connectivity index (χ1v) is 15.8. The zero-order chi connectivity index (χ0) is 27.9. The Balaban J connectivity index is 1.28. The summed E-state index contributed by atoms with van der Waals surface area (Å²) in [6, 6.07) is 6.76. The second-order valence-corrected chi connectivity index (χ2v) is 13.6. The van der Waals surface area contributed by atoms with E-state index in [1.54, 1.807) is 0 Å². The van der Waals surface area contributed by atoms with E-state index < -0.39 is 5.82 Å². The highest BCUT2D eigenvalue weighted by molar-refractivity contribution is 7.22. The minimum absolute atomic E-state index is 0.0354. The summed E-state index contributed by atoms with van der Waals surface area (Å²) in [5, 5.41) is 5.03. The van der Waals surface area contributed by atoms with Crippen molar-refractivity contribution in [2.24, 2.45) is 0 Å². The Morgan fingerprint density at radius 3 is 2.61 bits per heavy atom. The number of nitrogens with one attached hydrogen (secondary N) is 1. The van der Waals surface area contributed by atoms with Gasteiger partial charge in [-0.05, 0) is 76.2 Å². The molecule has 6 heterocycles. The van der Waals surface area contributed by atoms with E-state index in [9.17, 15) is 0 Å². The number of nitrogens with zero attached hydrogens (tertiary/aromatic N) is 5. The highest BCUT2D eigenvalue weighted by atomic mass is 35.5. The van der Waals surface area contributed by atoms with Crippen LogP contribution in [0.4, 0.5) is 15.3 Å². The Hall–Kier alpha value is -2.79. The molecule has 0 radical (unpaired) electrons. The number of hydrogen-bond donors (Lipinski definition) is 2. The van der Waals surface area contributed by atoms with E-state index >= 15 is 4.39 Å². The molecule has 8 rings (SSSR count). The zero-order valence-corrected chi connectivity index (χ0v) is 24.6. The van der Waals surface area contributed by atoms with Crippen molar-refractivity contribution in [2.45, 2.75) is 63.1 Å². The number of piperazine rings is 1. The number of nitrogen functional groups attached to an aromatic ring is 1. The lowest BCUT2D eigenvalue weighted by Gasteiger charge is -2.35. The predicted octanol–water partition coefficient (Wildman–Crippen LogP) is 5.54. The number of ether oxygens (including phenoxy) is 1. The average Bonchev–Trinajstić information content (AvgIpc) is 3.71. The van der Waals surface area contributed by atoms with Crippen molar-refractivity contribution in [3.05, 3.63) is 34.6 Å². The van der Waals surface area contributed by atoms with Crippen molar-refractivity contribution in [1.29, 1.82) is 0 Å². The van der Waals surface area contributed by atoms with Gasteiger partial charge in [0.2, 0.25) is 0 Å². The van der Waals surface area contributed by atoms with Gasteiger partial charge in [0, 0.05) is 41.7 Å². The van der Waals surface area contributed by atoms with Crippen LogP contribution >= 0.6 is 22.9 Å². The van der Waals surface area contributed by atoms with Crippen molar-refractivity contribution in [1.82, 2.24) is 25.2 Å². The van der Waals surface area contributed by atoms with Crippen LogP contribution in [0.15, 0.2) is 18.2 Å². The molecule has 3 N–H and O–H groups in total. The number of aryl methyl sites for hydroxylation is 1. The fourth-order valence-electron chi connectivity index (χ4n) is 7.75. The number of fused-ring (bicyclic) bond motifs is 5. The Kier molecular flexibility index (Phi) is 6.07. The summed E-state index contributed by atoms with van der Waals surface area (Å²) in [5.41, 5.74) is 8.77. The van der Waals surface area contributed by atoms with Crippen LogP contribution in [0.2, 0.25) is 5.02 Å². The van der Waals surface area contributed by atoms with E-state index in [4.69, 9.17) is 32.0 Å². The molecule has 11 heteroatoms. The summed E-state index contributed by atoms with van der Waals surface area (Å²) < 4.78 is 24.1. The Bertz CT molecular complexity index is 1670. The minimum atomic E-state index is -0.484. The highest BCUT2D eigenvalue weighted by Gasteiger charge is 2.45. The van der Waals surface area contributed by atoms with Gasteiger partial charge in [-0.1, -0.05) is 29.0 Å². The topological polar surface area (TPSA) is 92.4 Å². The van der Waals surface area contributed by atoms with Crippen molar-refractivity contribution in [3.8, 4) is 17.1 Å². The van der Waals surface area contributed by atoms with Crippen LogP contribution in [0.3, 0.4) is 0 Å². The largest absolute Gasteiger partial charge is 0.461 e. The third-order valence-corrected chi connectivity index (χ3v) is 10.8. The Morgan fingerprint density at radius 1 is 1.10 bits per heavy atom. The molecule has 214 valence electrons. The van der Waals surface area contributed by atoms with Crippen molar-refractivity contribution >= 4 is 55.0 Å². The number of rotatable bonds is 5. The van der Waals surface area contributed by atoms with Crippen LogP contribution in [-0.4, -0.2) is 70.3 Å². The number of benzene rings is 2. The zero-order valence-electron chi connectivity index (χ0n) is 23.1. The number of anilines is 2. The van der Waals surface area contributed by atoms with Gasteiger partial charge in [-0.3, -0.25) is 4.90 Å². The van der Waals surface area contributed by atoms with Gasteiger partial charge < -0.3 is 20.7 Å². The Labute approximate surface area is 247 Å². The number of nitrogens with two attached hydrogens (primary N) is 1. The van der Waals surface area contributed by atoms with E-state index in [0.29, 0.717) is 56.7 Å². The summed E-state index contributed by atoms with van der Waals surface area (Å²) >= 11 is 8.31. The highest BCUT2D eigenvalue weighted by Crippen LogP contribution is 2.44. The maximum absolute atomic E-state index is 16.9. The molecular formula is C30H33ClFN7OS. The molecular weight excluding hydrogens is 561 g/mol. The van der Waals surface area contributed by atoms with Gasteiger partial charge in [0.1, 0.15) is 17.9 Å². The van der Waals surface area contributed by atoms with E-state index in [1.165, 1.54) is 24.2 Å². The standard InChI is InChI=1S/C30H33ClFN7OS/c1-16-4-7-21-26(35-28(33)41-21)22(16)23-20(31)12-19-25(24(23)32)36-29(40-15-30-8-2-10-39(30)11-3-9-30)37-27(19)38-13-17-5-6-18(14-38)34-17/h4,7,12,17-18,34H,2-3,5-6,8-11,13-15H2,1H3,(H2,33,35). The first-order chi connectivity index (χ1) is 19.9. The quantitative estimate of drug-likeness (QED) is 0.312. The SMILES string of the molecule is Cc1ccc2sc(N)nc2c1-c1c(Cl)cc2c(N3CC4CCC(C3)N4)nc(OCC34CCCN3CCC4)nc2c1F. The fraction of sp³-hybridized carbons (Fsp3) is 0.500. The molecule has 2 aromatic carbocycles. The average molecular weight is 594 g/mol. The molecule has 0 amide bonds. The molecule has 2 aromatic heterocycles. The lowest BCUT2D eigenvalue weighted by Crippen LogP contribution is -2.51. The minimum Gasteiger partial charge on any atom is -0.461 e. The predicted molar refractivity (Wildman–Crippen MR) is 163 cm³/mol. The second kappa shape index (κ2) is 9.62. The summed E-state index contributed by atoms with van der Waals surface area (Å²) in [6.07, 6.45) is 6.85. The monoisotopic (exact) mass is 593 g/mol. The summed E-state index contributed by atoms with van der Waals surface area (Å²) in [5.74, 6) is 0.207.